The Balaban J connectivity index is 2.09. The van der Waals surface area contributed by atoms with Gasteiger partial charge in [0.05, 0.1) is 12.0 Å². The first-order valence-electron chi connectivity index (χ1n) is 5.14. The molecule has 0 N–H and O–H groups in total. The molecule has 0 aliphatic carbocycles. The molecule has 0 amide bonds. The fraction of sp³-hybridized carbons (Fsp3) is 0.250. The number of aryl methyl sites for hydroxylation is 1. The molecule has 76 valence electrons. The lowest BCUT2D eigenvalue weighted by Gasteiger charge is -2.00. The average molecular weight is 219 g/mol. The highest BCUT2D eigenvalue weighted by Crippen LogP contribution is 2.27. The summed E-state index contributed by atoms with van der Waals surface area (Å²) < 4.78 is 2.24. The second-order valence-electron chi connectivity index (χ2n) is 3.84. The molecule has 1 aliphatic heterocycles. The Kier molecular flexibility index (Phi) is 2.03. The number of rotatable bonds is 1. The van der Waals surface area contributed by atoms with Gasteiger partial charge in [0, 0.05) is 22.8 Å². The summed E-state index contributed by atoms with van der Waals surface area (Å²) in [7, 11) is 0. The first kappa shape index (κ1) is 8.98. The predicted molar refractivity (Wildman–Crippen MR) is 61.0 cm³/mol. The molecule has 0 saturated carbocycles. The molecule has 1 aromatic heterocycles. The number of halogens is 1. The smallest absolute Gasteiger partial charge is 0.0956 e. The topological polar surface area (TPSA) is 17.8 Å². The van der Waals surface area contributed by atoms with Gasteiger partial charge >= 0.3 is 0 Å². The molecule has 15 heavy (non-hydrogen) atoms. The maximum Gasteiger partial charge on any atom is 0.0956 e. The summed E-state index contributed by atoms with van der Waals surface area (Å²) in [5, 5.41) is 0.773. The van der Waals surface area contributed by atoms with Crippen LogP contribution in [0.4, 0.5) is 0 Å². The van der Waals surface area contributed by atoms with Gasteiger partial charge in [-0.2, -0.15) is 0 Å². The fourth-order valence-corrected chi connectivity index (χ4v) is 2.25. The van der Waals surface area contributed by atoms with Crippen molar-refractivity contribution in [2.75, 3.05) is 0 Å². The zero-order valence-corrected chi connectivity index (χ0v) is 9.04. The van der Waals surface area contributed by atoms with Crippen molar-refractivity contribution in [3.63, 3.8) is 0 Å². The van der Waals surface area contributed by atoms with Crippen molar-refractivity contribution in [3.05, 3.63) is 41.3 Å². The highest BCUT2D eigenvalue weighted by Gasteiger charge is 2.16. The van der Waals surface area contributed by atoms with Gasteiger partial charge in [0.25, 0.3) is 0 Å². The van der Waals surface area contributed by atoms with E-state index in [-0.39, 0.29) is 0 Å². The number of nitrogens with zero attached hydrogens (tertiary/aromatic N) is 2. The van der Waals surface area contributed by atoms with Crippen LogP contribution < -0.4 is 0 Å². The number of hydrogen-bond donors (Lipinski definition) is 0. The lowest BCUT2D eigenvalue weighted by molar-refractivity contribution is 0.741. The number of aromatic nitrogens is 2. The molecule has 1 aromatic carbocycles. The summed E-state index contributed by atoms with van der Waals surface area (Å²) in [5.41, 5.74) is 3.64. The van der Waals surface area contributed by atoms with Crippen molar-refractivity contribution in [1.82, 2.24) is 9.55 Å². The van der Waals surface area contributed by atoms with Crippen LogP contribution in [0.25, 0.3) is 11.3 Å². The number of fused-ring (bicyclic) bond motifs is 1. The Morgan fingerprint density at radius 2 is 2.00 bits per heavy atom. The monoisotopic (exact) mass is 218 g/mol. The van der Waals surface area contributed by atoms with Crippen molar-refractivity contribution in [3.8, 4) is 11.3 Å². The second-order valence-corrected chi connectivity index (χ2v) is 4.28. The Morgan fingerprint density at radius 1 is 1.20 bits per heavy atom. The van der Waals surface area contributed by atoms with Crippen LogP contribution in [-0.4, -0.2) is 9.55 Å². The molecule has 0 fully saturated rings. The number of benzene rings is 1. The van der Waals surface area contributed by atoms with E-state index in [4.69, 9.17) is 11.6 Å². The van der Waals surface area contributed by atoms with Gasteiger partial charge in [0.1, 0.15) is 0 Å². The number of imidazole rings is 1. The summed E-state index contributed by atoms with van der Waals surface area (Å²) >= 11 is 5.86. The van der Waals surface area contributed by atoms with E-state index in [1.165, 1.54) is 12.1 Å². The molecule has 0 bridgehead atoms. The normalized spacial score (nSPS) is 14.2. The molecular weight excluding hydrogens is 208 g/mol. The summed E-state index contributed by atoms with van der Waals surface area (Å²) in [4.78, 5) is 4.46. The predicted octanol–water partition coefficient (Wildman–Crippen LogP) is 3.15. The van der Waals surface area contributed by atoms with Crippen LogP contribution in [-0.2, 0) is 13.0 Å². The Labute approximate surface area is 93.5 Å². The second kappa shape index (κ2) is 3.38. The van der Waals surface area contributed by atoms with Gasteiger partial charge in [-0.15, -0.1) is 0 Å². The summed E-state index contributed by atoms with van der Waals surface area (Å²) in [5.74, 6) is 0. The maximum atomic E-state index is 5.86. The molecule has 3 heteroatoms. The van der Waals surface area contributed by atoms with Gasteiger partial charge in [0.15, 0.2) is 0 Å². The van der Waals surface area contributed by atoms with Gasteiger partial charge in [-0.25, -0.2) is 4.98 Å². The quantitative estimate of drug-likeness (QED) is 0.719. The Morgan fingerprint density at radius 3 is 2.80 bits per heavy atom. The van der Waals surface area contributed by atoms with Crippen LogP contribution in [0.15, 0.2) is 30.6 Å². The van der Waals surface area contributed by atoms with E-state index in [1.54, 1.807) is 0 Å². The van der Waals surface area contributed by atoms with Gasteiger partial charge in [-0.1, -0.05) is 23.7 Å². The van der Waals surface area contributed by atoms with Crippen LogP contribution in [0, 0.1) is 0 Å². The zero-order chi connectivity index (χ0) is 10.3. The van der Waals surface area contributed by atoms with Crippen LogP contribution in [0.5, 0.6) is 0 Å². The average Bonchev–Trinajstić information content (AvgIpc) is 2.80. The number of hydrogen-bond acceptors (Lipinski definition) is 1. The van der Waals surface area contributed by atoms with Crippen molar-refractivity contribution in [1.29, 1.82) is 0 Å². The first-order chi connectivity index (χ1) is 7.34. The molecular formula is C12H11ClN2. The molecule has 0 radical (unpaired) electrons. The first-order valence-corrected chi connectivity index (χ1v) is 5.52. The molecule has 0 saturated heterocycles. The molecule has 2 nitrogen and oxygen atoms in total. The van der Waals surface area contributed by atoms with E-state index < -0.39 is 0 Å². The molecule has 2 heterocycles. The summed E-state index contributed by atoms with van der Waals surface area (Å²) in [6.07, 6.45) is 4.31. The van der Waals surface area contributed by atoms with Gasteiger partial charge in [0.2, 0.25) is 0 Å². The van der Waals surface area contributed by atoms with E-state index in [0.29, 0.717) is 0 Å². The minimum Gasteiger partial charge on any atom is -0.334 e. The fourth-order valence-electron chi connectivity index (χ4n) is 2.13. The van der Waals surface area contributed by atoms with Gasteiger partial charge in [-0.3, -0.25) is 0 Å². The van der Waals surface area contributed by atoms with E-state index in [1.807, 2.05) is 30.6 Å². The molecule has 3 rings (SSSR count). The SMILES string of the molecule is Clc1ccc(-c2ncn3c2CCC3)cc1. The summed E-state index contributed by atoms with van der Waals surface area (Å²) in [6, 6.07) is 7.89. The molecule has 2 aromatic rings. The van der Waals surface area contributed by atoms with Crippen molar-refractivity contribution < 1.29 is 0 Å². The third-order valence-electron chi connectivity index (χ3n) is 2.88. The van der Waals surface area contributed by atoms with Gasteiger partial charge in [-0.05, 0) is 25.0 Å². The molecule has 0 spiro atoms. The minimum absolute atomic E-state index is 0.773. The van der Waals surface area contributed by atoms with Crippen LogP contribution in [0.2, 0.25) is 5.02 Å². The van der Waals surface area contributed by atoms with Crippen molar-refractivity contribution >= 4 is 11.6 Å². The largest absolute Gasteiger partial charge is 0.334 e. The lowest BCUT2D eigenvalue weighted by atomic mass is 10.1. The third kappa shape index (κ3) is 1.45. The Hall–Kier alpha value is -1.28. The summed E-state index contributed by atoms with van der Waals surface area (Å²) in [6.45, 7) is 1.11. The van der Waals surface area contributed by atoms with E-state index >= 15 is 0 Å². The molecule has 0 unspecified atom stereocenters. The van der Waals surface area contributed by atoms with E-state index in [9.17, 15) is 0 Å². The lowest BCUT2D eigenvalue weighted by Crippen LogP contribution is -1.88. The highest BCUT2D eigenvalue weighted by molar-refractivity contribution is 6.30. The molecule has 0 atom stereocenters. The van der Waals surface area contributed by atoms with Gasteiger partial charge < -0.3 is 4.57 Å². The zero-order valence-electron chi connectivity index (χ0n) is 8.28. The van der Waals surface area contributed by atoms with Crippen LogP contribution >= 0.6 is 11.6 Å². The standard InChI is InChI=1S/C12H11ClN2/c13-10-5-3-9(4-6-10)12-11-2-1-7-15(11)8-14-12/h3-6,8H,1-2,7H2. The maximum absolute atomic E-state index is 5.86. The van der Waals surface area contributed by atoms with Crippen molar-refractivity contribution in [2.45, 2.75) is 19.4 Å². The molecule has 1 aliphatic rings. The third-order valence-corrected chi connectivity index (χ3v) is 3.13. The van der Waals surface area contributed by atoms with Crippen LogP contribution in [0.1, 0.15) is 12.1 Å². The minimum atomic E-state index is 0.773. The Bertz CT molecular complexity index is 485. The highest BCUT2D eigenvalue weighted by atomic mass is 35.5. The van der Waals surface area contributed by atoms with E-state index in [2.05, 4.69) is 9.55 Å². The van der Waals surface area contributed by atoms with Crippen LogP contribution in [0.3, 0.4) is 0 Å². The van der Waals surface area contributed by atoms with Crippen molar-refractivity contribution in [2.24, 2.45) is 0 Å². The van der Waals surface area contributed by atoms with E-state index in [0.717, 1.165) is 29.2 Å².